The highest BCUT2D eigenvalue weighted by atomic mass is 16.5. The van der Waals surface area contributed by atoms with Gasteiger partial charge in [0.05, 0.1) is 0 Å². The zero-order valence-corrected chi connectivity index (χ0v) is 9.74. The maximum Gasteiger partial charge on any atom is 0.306 e. The molecule has 2 heterocycles. The standard InChI is InChI=1S/C12H21NO2/c1-3-4-12(14)15-11-7-9-5-6-10(8-11)13(9)2/h9-11H,3-8H2,1-2H3/t9-,10+,11?. The van der Waals surface area contributed by atoms with Gasteiger partial charge in [0.15, 0.2) is 0 Å². The third-order valence-corrected chi connectivity index (χ3v) is 3.81. The number of carbonyl (C=O) groups is 1. The summed E-state index contributed by atoms with van der Waals surface area (Å²) >= 11 is 0. The molecule has 3 nitrogen and oxygen atoms in total. The van der Waals surface area contributed by atoms with Crippen LogP contribution in [0.1, 0.15) is 45.4 Å². The molecular formula is C12H21NO2. The maximum absolute atomic E-state index is 11.4. The van der Waals surface area contributed by atoms with Gasteiger partial charge in [0.25, 0.3) is 0 Å². The first-order valence-electron chi connectivity index (χ1n) is 6.12. The zero-order valence-electron chi connectivity index (χ0n) is 9.74. The number of nitrogens with zero attached hydrogens (tertiary/aromatic N) is 1. The molecule has 2 saturated heterocycles. The monoisotopic (exact) mass is 211 g/mol. The van der Waals surface area contributed by atoms with Crippen LogP contribution < -0.4 is 0 Å². The summed E-state index contributed by atoms with van der Waals surface area (Å²) in [6, 6.07) is 1.31. The average molecular weight is 211 g/mol. The van der Waals surface area contributed by atoms with E-state index < -0.39 is 0 Å². The first-order chi connectivity index (χ1) is 7.20. The predicted octanol–water partition coefficient (Wildman–Crippen LogP) is 1.95. The summed E-state index contributed by atoms with van der Waals surface area (Å²) < 4.78 is 5.50. The first kappa shape index (κ1) is 10.9. The van der Waals surface area contributed by atoms with Crippen molar-refractivity contribution >= 4 is 5.97 Å². The SMILES string of the molecule is CCCC(=O)OC1C[C@H]2CC[C@@H](C1)N2C. The van der Waals surface area contributed by atoms with Gasteiger partial charge >= 0.3 is 5.97 Å². The van der Waals surface area contributed by atoms with Crippen molar-refractivity contribution in [2.45, 2.75) is 63.6 Å². The Bertz CT molecular complexity index is 228. The number of fused-ring (bicyclic) bond motifs is 2. The molecule has 0 saturated carbocycles. The first-order valence-corrected chi connectivity index (χ1v) is 6.12. The average Bonchev–Trinajstić information content (AvgIpc) is 2.43. The second-order valence-corrected chi connectivity index (χ2v) is 4.88. The van der Waals surface area contributed by atoms with Crippen LogP contribution in [0.5, 0.6) is 0 Å². The van der Waals surface area contributed by atoms with Crippen molar-refractivity contribution in [3.8, 4) is 0 Å². The van der Waals surface area contributed by atoms with Gasteiger partial charge in [0.2, 0.25) is 0 Å². The van der Waals surface area contributed by atoms with Crippen LogP contribution >= 0.6 is 0 Å². The predicted molar refractivity (Wildman–Crippen MR) is 58.6 cm³/mol. The highest BCUT2D eigenvalue weighted by Crippen LogP contribution is 2.35. The Hall–Kier alpha value is -0.570. The Morgan fingerprint density at radius 3 is 2.47 bits per heavy atom. The topological polar surface area (TPSA) is 29.5 Å². The minimum Gasteiger partial charge on any atom is -0.462 e. The van der Waals surface area contributed by atoms with Gasteiger partial charge < -0.3 is 9.64 Å². The quantitative estimate of drug-likeness (QED) is 0.668. The molecule has 0 amide bonds. The molecule has 0 aliphatic carbocycles. The van der Waals surface area contributed by atoms with Crippen LogP contribution in [0.4, 0.5) is 0 Å². The molecule has 3 heteroatoms. The van der Waals surface area contributed by atoms with Crippen molar-refractivity contribution in [1.29, 1.82) is 0 Å². The molecule has 3 atom stereocenters. The van der Waals surface area contributed by atoms with Crippen molar-refractivity contribution in [3.63, 3.8) is 0 Å². The summed E-state index contributed by atoms with van der Waals surface area (Å²) in [6.07, 6.45) is 6.30. The second-order valence-electron chi connectivity index (χ2n) is 4.88. The van der Waals surface area contributed by atoms with E-state index in [0.717, 1.165) is 19.3 Å². The van der Waals surface area contributed by atoms with Crippen molar-refractivity contribution in [2.75, 3.05) is 7.05 Å². The van der Waals surface area contributed by atoms with E-state index in [1.165, 1.54) is 12.8 Å². The van der Waals surface area contributed by atoms with E-state index in [4.69, 9.17) is 4.74 Å². The van der Waals surface area contributed by atoms with E-state index >= 15 is 0 Å². The molecule has 2 aliphatic rings. The van der Waals surface area contributed by atoms with Crippen molar-refractivity contribution < 1.29 is 9.53 Å². The summed E-state index contributed by atoms with van der Waals surface area (Å²) in [5.41, 5.74) is 0. The van der Waals surface area contributed by atoms with E-state index in [9.17, 15) is 4.79 Å². The zero-order chi connectivity index (χ0) is 10.8. The van der Waals surface area contributed by atoms with Crippen LogP contribution in [-0.2, 0) is 9.53 Å². The molecule has 2 rings (SSSR count). The lowest BCUT2D eigenvalue weighted by molar-refractivity contribution is -0.152. The van der Waals surface area contributed by atoms with Crippen LogP contribution in [0, 0.1) is 0 Å². The van der Waals surface area contributed by atoms with E-state index in [1.807, 2.05) is 6.92 Å². The van der Waals surface area contributed by atoms with E-state index in [2.05, 4.69) is 11.9 Å². The molecule has 1 unspecified atom stereocenters. The Morgan fingerprint density at radius 2 is 1.93 bits per heavy atom. The van der Waals surface area contributed by atoms with E-state index in [0.29, 0.717) is 18.5 Å². The van der Waals surface area contributed by atoms with Gasteiger partial charge in [-0.05, 0) is 39.2 Å². The van der Waals surface area contributed by atoms with Crippen LogP contribution in [0.3, 0.4) is 0 Å². The third-order valence-electron chi connectivity index (χ3n) is 3.81. The Balaban J connectivity index is 1.84. The molecule has 0 aromatic rings. The summed E-state index contributed by atoms with van der Waals surface area (Å²) in [4.78, 5) is 13.9. The molecule has 0 radical (unpaired) electrons. The number of hydrogen-bond donors (Lipinski definition) is 0. The van der Waals surface area contributed by atoms with Gasteiger partial charge in [0, 0.05) is 18.5 Å². The summed E-state index contributed by atoms with van der Waals surface area (Å²) in [6.45, 7) is 2.01. The highest BCUT2D eigenvalue weighted by molar-refractivity contribution is 5.69. The molecule has 0 aromatic carbocycles. The van der Waals surface area contributed by atoms with Gasteiger partial charge in [-0.15, -0.1) is 0 Å². The lowest BCUT2D eigenvalue weighted by Crippen LogP contribution is -2.43. The summed E-state index contributed by atoms with van der Waals surface area (Å²) in [5, 5.41) is 0. The molecule has 0 N–H and O–H groups in total. The maximum atomic E-state index is 11.4. The van der Waals surface area contributed by atoms with Crippen molar-refractivity contribution in [3.05, 3.63) is 0 Å². The Morgan fingerprint density at radius 1 is 1.33 bits per heavy atom. The second kappa shape index (κ2) is 4.52. The number of hydrogen-bond acceptors (Lipinski definition) is 3. The molecule has 2 fully saturated rings. The van der Waals surface area contributed by atoms with Gasteiger partial charge in [0.1, 0.15) is 6.10 Å². The largest absolute Gasteiger partial charge is 0.462 e. The minimum atomic E-state index is -0.00791. The molecule has 86 valence electrons. The van der Waals surface area contributed by atoms with Crippen LogP contribution in [0.2, 0.25) is 0 Å². The molecule has 2 aliphatic heterocycles. The fraction of sp³-hybridized carbons (Fsp3) is 0.917. The lowest BCUT2D eigenvalue weighted by Gasteiger charge is -2.35. The number of rotatable bonds is 3. The van der Waals surface area contributed by atoms with Gasteiger partial charge in [-0.2, -0.15) is 0 Å². The number of piperidine rings is 1. The fourth-order valence-electron chi connectivity index (χ4n) is 2.91. The smallest absolute Gasteiger partial charge is 0.306 e. The number of ether oxygens (including phenoxy) is 1. The Kier molecular flexibility index (Phi) is 3.29. The fourth-order valence-corrected chi connectivity index (χ4v) is 2.91. The molecule has 0 spiro atoms. The summed E-state index contributed by atoms with van der Waals surface area (Å²) in [7, 11) is 2.20. The Labute approximate surface area is 91.8 Å². The van der Waals surface area contributed by atoms with Crippen LogP contribution in [0.15, 0.2) is 0 Å². The third kappa shape index (κ3) is 2.33. The van der Waals surface area contributed by atoms with Crippen molar-refractivity contribution in [2.24, 2.45) is 0 Å². The molecule has 0 aromatic heterocycles. The summed E-state index contributed by atoms with van der Waals surface area (Å²) in [5.74, 6) is -0.00791. The van der Waals surface area contributed by atoms with Crippen LogP contribution in [0.25, 0.3) is 0 Å². The van der Waals surface area contributed by atoms with Gasteiger partial charge in [-0.1, -0.05) is 6.92 Å². The lowest BCUT2D eigenvalue weighted by atomic mass is 10.0. The van der Waals surface area contributed by atoms with E-state index in [1.54, 1.807) is 0 Å². The van der Waals surface area contributed by atoms with E-state index in [-0.39, 0.29) is 12.1 Å². The molecular weight excluding hydrogens is 190 g/mol. The van der Waals surface area contributed by atoms with Gasteiger partial charge in [-0.25, -0.2) is 0 Å². The normalized spacial score (nSPS) is 35.5. The molecule has 15 heavy (non-hydrogen) atoms. The number of esters is 1. The molecule has 2 bridgehead atoms. The van der Waals surface area contributed by atoms with Crippen LogP contribution in [-0.4, -0.2) is 36.1 Å². The minimum absolute atomic E-state index is 0.00791. The van der Waals surface area contributed by atoms with Crippen molar-refractivity contribution in [1.82, 2.24) is 4.90 Å². The highest BCUT2D eigenvalue weighted by Gasteiger charge is 2.39. The van der Waals surface area contributed by atoms with Gasteiger partial charge in [-0.3, -0.25) is 4.79 Å². The number of carbonyl (C=O) groups excluding carboxylic acids is 1.